The van der Waals surface area contributed by atoms with Crippen LogP contribution in [0.2, 0.25) is 10.0 Å². The molecule has 49 heavy (non-hydrogen) atoms. The number of hydrogen-bond acceptors (Lipinski definition) is 4. The van der Waals surface area contributed by atoms with Crippen LogP contribution in [0.5, 0.6) is 5.75 Å². The number of carboxylic acids is 1. The lowest BCUT2D eigenvalue weighted by Gasteiger charge is -2.34. The number of halogens is 2. The quantitative estimate of drug-likeness (QED) is 0.155. The molecule has 11 heteroatoms. The van der Waals surface area contributed by atoms with Crippen molar-refractivity contribution in [1.82, 2.24) is 19.3 Å². The van der Waals surface area contributed by atoms with Gasteiger partial charge in [0.2, 0.25) is 0 Å². The van der Waals surface area contributed by atoms with Crippen LogP contribution < -0.4 is 9.64 Å². The van der Waals surface area contributed by atoms with Crippen LogP contribution in [0.3, 0.4) is 0 Å². The summed E-state index contributed by atoms with van der Waals surface area (Å²) in [6, 6.07) is 14.7. The highest BCUT2D eigenvalue weighted by molar-refractivity contribution is 6.35. The van der Waals surface area contributed by atoms with Crippen molar-refractivity contribution in [2.75, 3.05) is 18.1 Å². The van der Waals surface area contributed by atoms with Crippen LogP contribution in [0, 0.1) is 27.7 Å². The van der Waals surface area contributed by atoms with E-state index >= 15 is 0 Å². The summed E-state index contributed by atoms with van der Waals surface area (Å²) in [4.78, 5) is 28.4. The lowest BCUT2D eigenvalue weighted by atomic mass is 9.98. The number of anilines is 1. The van der Waals surface area contributed by atoms with Crippen LogP contribution in [0.15, 0.2) is 48.5 Å². The normalized spacial score (nSPS) is 14.7. The van der Waals surface area contributed by atoms with Gasteiger partial charge in [-0.05, 0) is 101 Å². The van der Waals surface area contributed by atoms with E-state index in [1.165, 1.54) is 0 Å². The van der Waals surface area contributed by atoms with Crippen molar-refractivity contribution in [3.05, 3.63) is 97.9 Å². The Balaban J connectivity index is 1.35. The zero-order valence-corrected chi connectivity index (χ0v) is 29.8. The Hall–Kier alpha value is -4.73. The van der Waals surface area contributed by atoms with Gasteiger partial charge in [0.05, 0.1) is 33.9 Å². The topological polar surface area (TPSA) is 105 Å². The third kappa shape index (κ3) is 5.36. The molecule has 6 aromatic rings. The fourth-order valence-corrected chi connectivity index (χ4v) is 7.77. The van der Waals surface area contributed by atoms with Crippen molar-refractivity contribution in [3.8, 4) is 16.9 Å². The van der Waals surface area contributed by atoms with Crippen molar-refractivity contribution < 1.29 is 19.4 Å². The molecule has 0 spiro atoms. The van der Waals surface area contributed by atoms with Gasteiger partial charge in [-0.2, -0.15) is 5.10 Å². The van der Waals surface area contributed by atoms with Crippen LogP contribution in [0.4, 0.5) is 5.82 Å². The molecule has 252 valence electrons. The zero-order valence-electron chi connectivity index (χ0n) is 28.2. The van der Waals surface area contributed by atoms with Crippen molar-refractivity contribution in [2.45, 2.75) is 53.5 Å². The second kappa shape index (κ2) is 12.3. The van der Waals surface area contributed by atoms with E-state index in [2.05, 4.69) is 21.7 Å². The molecule has 0 saturated heterocycles. The second-order valence-electron chi connectivity index (χ2n) is 13.1. The Morgan fingerprint density at radius 2 is 1.78 bits per heavy atom. The number of nitrogens with zero attached hydrogens (tertiary/aromatic N) is 4. The average molecular weight is 699 g/mol. The number of aromatic nitrogens is 4. The largest absolute Gasteiger partial charge is 0.494 e. The fourth-order valence-electron chi connectivity index (χ4n) is 7.42. The van der Waals surface area contributed by atoms with E-state index in [1.54, 1.807) is 18.2 Å². The summed E-state index contributed by atoms with van der Waals surface area (Å²) in [5.41, 5.74) is 8.86. The van der Waals surface area contributed by atoms with Crippen LogP contribution in [0.25, 0.3) is 32.9 Å². The first-order valence-corrected chi connectivity index (χ1v) is 17.0. The smallest absolute Gasteiger partial charge is 0.335 e. The highest BCUT2D eigenvalue weighted by Crippen LogP contribution is 2.45. The first-order chi connectivity index (χ1) is 23.4. The number of amides is 1. The molecule has 0 radical (unpaired) electrons. The van der Waals surface area contributed by atoms with Gasteiger partial charge >= 0.3 is 5.97 Å². The zero-order chi connectivity index (χ0) is 34.9. The van der Waals surface area contributed by atoms with Crippen molar-refractivity contribution in [2.24, 2.45) is 7.05 Å². The summed E-state index contributed by atoms with van der Waals surface area (Å²) in [7, 11) is 1.87. The van der Waals surface area contributed by atoms with E-state index in [1.807, 2.05) is 74.5 Å². The van der Waals surface area contributed by atoms with E-state index in [4.69, 9.17) is 27.9 Å². The molecule has 0 saturated carbocycles. The van der Waals surface area contributed by atoms with Gasteiger partial charge in [0, 0.05) is 52.3 Å². The summed E-state index contributed by atoms with van der Waals surface area (Å²) in [6.45, 7) is 10.9. The minimum atomic E-state index is -0.996. The minimum Gasteiger partial charge on any atom is -0.494 e. The number of H-pyrrole nitrogens is 1. The predicted molar refractivity (Wildman–Crippen MR) is 195 cm³/mol. The molecule has 3 aromatic heterocycles. The number of benzene rings is 3. The lowest BCUT2D eigenvalue weighted by molar-refractivity contribution is 0.0696. The maximum Gasteiger partial charge on any atom is 0.335 e. The van der Waals surface area contributed by atoms with Crippen LogP contribution >= 0.6 is 23.2 Å². The number of ether oxygens (including phenoxy) is 1. The minimum absolute atomic E-state index is 0.113. The molecular formula is C38H37Cl2N5O4. The van der Waals surface area contributed by atoms with Gasteiger partial charge in [0.1, 0.15) is 17.3 Å². The molecule has 0 fully saturated rings. The maximum absolute atomic E-state index is 14.8. The molecule has 4 heterocycles. The third-order valence-electron chi connectivity index (χ3n) is 9.73. The van der Waals surface area contributed by atoms with Crippen molar-refractivity contribution in [3.63, 3.8) is 0 Å². The van der Waals surface area contributed by atoms with Gasteiger partial charge in [-0.15, -0.1) is 0 Å². The monoisotopic (exact) mass is 697 g/mol. The van der Waals surface area contributed by atoms with Gasteiger partial charge in [-0.3, -0.25) is 14.8 Å². The number of aromatic carboxylic acids is 1. The van der Waals surface area contributed by atoms with Gasteiger partial charge in [-0.25, -0.2) is 4.79 Å². The predicted octanol–water partition coefficient (Wildman–Crippen LogP) is 8.99. The number of nitrogens with one attached hydrogen (secondary N) is 1. The summed E-state index contributed by atoms with van der Waals surface area (Å²) >= 11 is 13.4. The van der Waals surface area contributed by atoms with Gasteiger partial charge in [0.15, 0.2) is 0 Å². The van der Waals surface area contributed by atoms with Crippen LogP contribution in [-0.4, -0.2) is 49.5 Å². The Labute approximate surface area is 294 Å². The maximum atomic E-state index is 14.8. The molecule has 1 aliphatic heterocycles. The summed E-state index contributed by atoms with van der Waals surface area (Å²) in [5, 5.41) is 20.3. The summed E-state index contributed by atoms with van der Waals surface area (Å²) in [5.74, 6) is 0.347. The van der Waals surface area contributed by atoms with E-state index in [9.17, 15) is 14.7 Å². The van der Waals surface area contributed by atoms with E-state index in [0.717, 1.165) is 71.8 Å². The number of carboxylic acid groups (broad SMARTS) is 1. The van der Waals surface area contributed by atoms with Crippen LogP contribution in [-0.2, 0) is 13.5 Å². The Bertz CT molecular complexity index is 2290. The Kier molecular flexibility index (Phi) is 8.24. The number of rotatable bonds is 8. The van der Waals surface area contributed by atoms with Crippen molar-refractivity contribution >= 4 is 62.7 Å². The first kappa shape index (κ1) is 32.8. The average Bonchev–Trinajstić information content (AvgIpc) is 3.70. The number of aryl methyl sites for hydroxylation is 6. The fraction of sp³-hybridized carbons (Fsp3) is 0.289. The number of carbonyl (C=O) groups excluding carboxylic acids is 1. The number of fused-ring (bicyclic) bond motifs is 4. The van der Waals surface area contributed by atoms with Gasteiger partial charge in [0.25, 0.3) is 5.91 Å². The molecule has 1 atom stereocenters. The molecule has 9 nitrogen and oxygen atoms in total. The molecule has 0 unspecified atom stereocenters. The molecule has 2 N–H and O–H groups in total. The van der Waals surface area contributed by atoms with E-state index < -0.39 is 5.97 Å². The first-order valence-electron chi connectivity index (χ1n) is 16.3. The molecule has 7 rings (SSSR count). The summed E-state index contributed by atoms with van der Waals surface area (Å²) < 4.78 is 10.2. The SMILES string of the molecule is Cc1cc(OCCCc2c3n(c4c(-c5c(C)n[nH]c5C)c(Cl)ccc24)[C@H](C)CN(c2cc4ccc(C(=O)O)cc4n2C)C3=O)cc(C)c1Cl. The third-order valence-corrected chi connectivity index (χ3v) is 10.6. The van der Waals surface area contributed by atoms with E-state index in [0.29, 0.717) is 42.5 Å². The molecule has 0 aliphatic carbocycles. The number of hydrogen-bond donors (Lipinski definition) is 2. The van der Waals surface area contributed by atoms with Gasteiger partial charge in [-0.1, -0.05) is 35.3 Å². The molecule has 1 aliphatic rings. The standard InChI is InChI=1S/C38H37Cl2N5O4/c1-19-14-26(15-20(2)34(19)40)49-13-7-8-27-28-11-12-29(39)33(32-22(4)41-42-23(32)5)35(28)45-21(3)18-44(37(46)36(27)45)31-17-24-9-10-25(38(47)48)16-30(24)43(31)6/h9-12,14-17,21H,7-8,13,18H2,1-6H3,(H,41,42)(H,47,48)/t21-/m1/s1. The number of aromatic amines is 1. The molecule has 0 bridgehead atoms. The highest BCUT2D eigenvalue weighted by atomic mass is 35.5. The highest BCUT2D eigenvalue weighted by Gasteiger charge is 2.37. The van der Waals surface area contributed by atoms with Gasteiger partial charge < -0.3 is 19.0 Å². The Morgan fingerprint density at radius 3 is 2.45 bits per heavy atom. The summed E-state index contributed by atoms with van der Waals surface area (Å²) in [6.07, 6.45) is 1.26. The second-order valence-corrected chi connectivity index (χ2v) is 13.8. The lowest BCUT2D eigenvalue weighted by Crippen LogP contribution is -2.43. The van der Waals surface area contributed by atoms with Crippen LogP contribution in [0.1, 0.15) is 68.3 Å². The molecular weight excluding hydrogens is 661 g/mol. The van der Waals surface area contributed by atoms with E-state index in [-0.39, 0.29) is 17.5 Å². The Morgan fingerprint density at radius 1 is 1.04 bits per heavy atom. The molecule has 1 amide bonds. The number of carbonyl (C=O) groups is 2. The molecule has 3 aromatic carbocycles. The van der Waals surface area contributed by atoms with Crippen molar-refractivity contribution in [1.29, 1.82) is 0 Å².